The molecule has 1 unspecified atom stereocenters. The van der Waals surface area contributed by atoms with Gasteiger partial charge in [0.25, 0.3) is 5.91 Å². The minimum absolute atomic E-state index is 0. The van der Waals surface area contributed by atoms with Crippen molar-refractivity contribution < 1.29 is 43.8 Å². The van der Waals surface area contributed by atoms with Crippen molar-refractivity contribution in [3.63, 3.8) is 0 Å². The van der Waals surface area contributed by atoms with Gasteiger partial charge in [-0.25, -0.2) is 19.8 Å². The first-order valence-electron chi connectivity index (χ1n) is 25.1. The summed E-state index contributed by atoms with van der Waals surface area (Å²) in [6, 6.07) is 73.1. The topological polar surface area (TPSA) is 229 Å². The van der Waals surface area contributed by atoms with Crippen LogP contribution in [0.1, 0.15) is 51.6 Å². The van der Waals surface area contributed by atoms with Crippen LogP contribution in [0.5, 0.6) is 0 Å². The zero-order valence-corrected chi connectivity index (χ0v) is 50.7. The summed E-state index contributed by atoms with van der Waals surface area (Å²) < 4.78 is 2.21. The number of carbonyl (C=O) groups excluding carboxylic acids is 5. The molecule has 4 N–H and O–H groups in total. The van der Waals surface area contributed by atoms with Crippen molar-refractivity contribution in [3.8, 4) is 6.57 Å². The van der Waals surface area contributed by atoms with Gasteiger partial charge in [0, 0.05) is 26.0 Å². The number of aliphatic imine (C=N–C) groups is 1. The number of rotatable bonds is 14. The minimum atomic E-state index is -1.47. The van der Waals surface area contributed by atoms with Crippen LogP contribution in [0, 0.1) is 19.3 Å². The van der Waals surface area contributed by atoms with Gasteiger partial charge in [-0.1, -0.05) is 218 Å². The third-order valence-electron chi connectivity index (χ3n) is 11.1. The van der Waals surface area contributed by atoms with Gasteiger partial charge in [0.2, 0.25) is 12.0 Å². The number of hydrogen-bond donors (Lipinski definition) is 3. The molecule has 80 heavy (non-hydrogen) atoms. The van der Waals surface area contributed by atoms with Gasteiger partial charge in [-0.05, 0) is 64.1 Å². The Morgan fingerprint density at radius 1 is 0.575 bits per heavy atom. The van der Waals surface area contributed by atoms with Crippen molar-refractivity contribution in [1.29, 1.82) is 5.26 Å². The Kier molecular flexibility index (Phi) is 32.6. The molecule has 1 fully saturated rings. The Bertz CT molecular complexity index is 3040. The second kappa shape index (κ2) is 39.1. The average molecular weight is 1180 g/mol. The number of hydrogen-bond acceptors (Lipinski definition) is 10. The van der Waals surface area contributed by atoms with E-state index in [4.69, 9.17) is 21.2 Å². The maximum atomic E-state index is 13.2. The Morgan fingerprint density at radius 2 is 0.963 bits per heavy atom. The number of imide groups is 2. The van der Waals surface area contributed by atoms with Crippen molar-refractivity contribution in [1.82, 2.24) is 4.90 Å². The van der Waals surface area contributed by atoms with E-state index in [1.807, 2.05) is 140 Å². The Labute approximate surface area is 483 Å². The number of carboxylic acid groups (broad SMARTS) is 2. The number of urea groups is 1. The number of carbonyl (C=O) groups is 6. The SMILES string of the molecule is C#N.NCc1ccccc1.O=C(CCc1ccccc1)Cc1ccccc1.O=C(O)C(C(=O)O)c1ccccc1.O=C1C(c2ccccc2)C(=O)N(c2ccccc2)C(=O)N1Cc1ccccc1.O=C=Nc1ccccc1.[CH3-].[CH3][InH2]. The zero-order chi connectivity index (χ0) is 57.6. The molecule has 1 aliphatic rings. The van der Waals surface area contributed by atoms with E-state index in [1.165, 1.54) is 29.3 Å². The van der Waals surface area contributed by atoms with Crippen LogP contribution >= 0.6 is 0 Å². The summed E-state index contributed by atoms with van der Waals surface area (Å²) in [6.07, 6.45) is 3.47. The van der Waals surface area contributed by atoms with E-state index in [1.54, 1.807) is 78.9 Å². The molecule has 408 valence electrons. The fourth-order valence-electron chi connectivity index (χ4n) is 7.40. The van der Waals surface area contributed by atoms with Crippen molar-refractivity contribution >= 4 is 77.4 Å². The van der Waals surface area contributed by atoms with Crippen LogP contribution < -0.4 is 10.6 Å². The van der Waals surface area contributed by atoms with Gasteiger partial charge in [0.1, 0.15) is 11.7 Å². The number of benzene rings is 8. The number of isocyanates is 1. The number of nitrogens with two attached hydrogens (primary N) is 1. The molecule has 1 saturated heterocycles. The Balaban J connectivity index is 0.000000362. The average Bonchev–Trinajstić information content (AvgIpc) is 3.49. The first-order chi connectivity index (χ1) is 38.5. The fourth-order valence-corrected chi connectivity index (χ4v) is 7.40. The molecule has 0 aromatic heterocycles. The number of nitrogens with zero attached hydrogens (tertiary/aromatic N) is 4. The van der Waals surface area contributed by atoms with E-state index < -0.39 is 41.6 Å². The maximum absolute atomic E-state index is 13.2. The van der Waals surface area contributed by atoms with Crippen LogP contribution in [0.25, 0.3) is 0 Å². The molecule has 0 saturated carbocycles. The van der Waals surface area contributed by atoms with E-state index in [-0.39, 0.29) is 19.5 Å². The second-order valence-corrected chi connectivity index (χ2v) is 16.5. The summed E-state index contributed by atoms with van der Waals surface area (Å²) in [6.45, 7) is 4.25. The summed E-state index contributed by atoms with van der Waals surface area (Å²) in [7, 11) is 0. The first-order valence-corrected chi connectivity index (χ1v) is 30.8. The Morgan fingerprint density at radius 3 is 1.39 bits per heavy atom. The predicted octanol–water partition coefficient (Wildman–Crippen LogP) is 11.4. The summed E-state index contributed by atoms with van der Waals surface area (Å²) in [5.74, 6) is -5.95. The molecule has 0 aliphatic carbocycles. The third-order valence-corrected chi connectivity index (χ3v) is 11.1. The molecule has 15 heteroatoms. The van der Waals surface area contributed by atoms with Crippen LogP contribution in [0.15, 0.2) is 248 Å². The molecule has 9 rings (SSSR count). The van der Waals surface area contributed by atoms with Gasteiger partial charge in [0.05, 0.1) is 17.9 Å². The van der Waals surface area contributed by atoms with Gasteiger partial charge < -0.3 is 23.4 Å². The Hall–Kier alpha value is -9.32. The number of barbiturate groups is 1. The number of nitriles is 1. The zero-order valence-electron chi connectivity index (χ0n) is 45.0. The summed E-state index contributed by atoms with van der Waals surface area (Å²) >= 11 is 0.950. The fraction of sp³-hybridized carbons (Fsp3) is 0.123. The summed E-state index contributed by atoms with van der Waals surface area (Å²) in [4.78, 5) is 87.8. The molecule has 4 amide bonds. The van der Waals surface area contributed by atoms with Crippen LogP contribution in [-0.4, -0.2) is 81.1 Å². The molecule has 0 spiro atoms. The second-order valence-electron chi connectivity index (χ2n) is 16.5. The van der Waals surface area contributed by atoms with Gasteiger partial charge in [-0.3, -0.25) is 28.9 Å². The molecule has 1 heterocycles. The van der Waals surface area contributed by atoms with Crippen LogP contribution in [0.3, 0.4) is 0 Å². The first kappa shape index (κ1) is 66.8. The van der Waals surface area contributed by atoms with Crippen molar-refractivity contribution in [2.45, 2.75) is 48.9 Å². The molecule has 1 atom stereocenters. The standard InChI is InChI=1S/C23H18N2O3.C16H16O.C9H8O4.C7H5NO.C7H9N.CHN.2CH3.In.2H/c26-21-20(18-12-6-2-7-13-18)22(27)25(19-14-8-3-9-15-19)23(28)24(21)16-17-10-4-1-5-11-17;17-16(13-15-9-5-2-6-10-15)12-11-14-7-3-1-4-8-14;10-8(11)7(9(12)13)6-4-2-1-3-5-6;9-6-8-7-4-2-1-3-5-7;8-6-7-4-2-1-3-5-7;1-2;;;;;/h1-15,20H,16H2;1-10H,11-13H2;1-5,7H,(H,10,11)(H,12,13);1-5H;1-5H,6,8H2;1H;2*1H3;;;/q;;;;;;;-1;;;. The van der Waals surface area contributed by atoms with Crippen molar-refractivity contribution in [2.75, 3.05) is 4.90 Å². The van der Waals surface area contributed by atoms with Crippen molar-refractivity contribution in [3.05, 3.63) is 283 Å². The quantitative estimate of drug-likeness (QED) is 0.0401. The normalized spacial score (nSPS) is 11.7. The number of Topliss-reactive ketones (excluding diaryl/α,β-unsaturated/α-hetero) is 1. The summed E-state index contributed by atoms with van der Waals surface area (Å²) in [5.41, 5.74) is 11.6. The molecular weight excluding hydrogens is 1110 g/mol. The van der Waals surface area contributed by atoms with E-state index in [0.29, 0.717) is 42.1 Å². The van der Waals surface area contributed by atoms with E-state index in [0.717, 1.165) is 51.7 Å². The number of aliphatic carboxylic acids is 2. The van der Waals surface area contributed by atoms with Crippen LogP contribution in [0.4, 0.5) is 16.2 Å². The molecule has 0 bridgehead atoms. The number of ketones is 1. The number of carboxylic acids is 2. The number of aryl methyl sites for hydroxylation is 1. The molecular formula is C65H65InN5O9-. The number of anilines is 1. The van der Waals surface area contributed by atoms with Crippen molar-refractivity contribution in [2.24, 2.45) is 10.7 Å². The number of para-hydroxylation sites is 2. The monoisotopic (exact) mass is 1170 g/mol. The van der Waals surface area contributed by atoms with Gasteiger partial charge >= 0.3 is 47.0 Å². The molecule has 8 aromatic rings. The third kappa shape index (κ3) is 23.1. The molecule has 1 aliphatic heterocycles. The van der Waals surface area contributed by atoms with Gasteiger partial charge in [-0.15, -0.1) is 0 Å². The molecule has 8 aromatic carbocycles. The summed E-state index contributed by atoms with van der Waals surface area (Å²) in [5, 5.41) is 23.7. The predicted molar refractivity (Wildman–Crippen MR) is 316 cm³/mol. The molecule has 14 nitrogen and oxygen atoms in total. The van der Waals surface area contributed by atoms with Crippen LogP contribution in [-0.2, 0) is 54.7 Å². The molecule has 0 radical (unpaired) electrons. The number of amides is 4. The van der Waals surface area contributed by atoms with Gasteiger partial charge in [0.15, 0.2) is 5.92 Å². The van der Waals surface area contributed by atoms with E-state index >= 15 is 0 Å². The van der Waals surface area contributed by atoms with E-state index in [9.17, 15) is 33.6 Å². The van der Waals surface area contributed by atoms with Gasteiger partial charge in [-0.2, -0.15) is 4.99 Å². The van der Waals surface area contributed by atoms with Crippen LogP contribution in [0.2, 0.25) is 4.68 Å². The van der Waals surface area contributed by atoms with E-state index in [2.05, 4.69) is 28.4 Å².